The summed E-state index contributed by atoms with van der Waals surface area (Å²) in [6.07, 6.45) is 0.942. The third kappa shape index (κ3) is 51.9. The normalized spacial score (nSPS) is 7.85. The molecule has 0 saturated heterocycles. The van der Waals surface area contributed by atoms with E-state index >= 15 is 0 Å². The Balaban J connectivity index is -0.000000173. The quantitative estimate of drug-likeness (QED) is 0.288. The zero-order chi connectivity index (χ0) is 10.1. The van der Waals surface area contributed by atoms with E-state index in [1.54, 1.807) is 0 Å². The Bertz CT molecular complexity index is 188. The molecule has 0 aromatic rings. The van der Waals surface area contributed by atoms with Gasteiger partial charge in [-0.15, -0.1) is 6.58 Å². The van der Waals surface area contributed by atoms with Gasteiger partial charge in [-0.25, -0.2) is 4.79 Å². The Kier molecular flexibility index (Phi) is 16.0. The Morgan fingerprint density at radius 2 is 1.62 bits per heavy atom. The summed E-state index contributed by atoms with van der Waals surface area (Å²) in [6, 6.07) is 0. The molecule has 13 heavy (non-hydrogen) atoms. The van der Waals surface area contributed by atoms with Crippen molar-refractivity contribution in [3.8, 4) is 0 Å². The minimum absolute atomic E-state index is 0. The molecule has 0 rings (SSSR count). The SMILES string of the molecule is C=C(C)C.O=C([O-])/C=C\C(=O)O.[Na+]. The number of carboxylic acids is 2. The Labute approximate surface area is 99.2 Å². The van der Waals surface area contributed by atoms with Crippen molar-refractivity contribution < 1.29 is 49.4 Å². The van der Waals surface area contributed by atoms with Gasteiger partial charge in [-0.1, -0.05) is 5.57 Å². The molecule has 0 amide bonds. The van der Waals surface area contributed by atoms with Gasteiger partial charge in [0.1, 0.15) is 0 Å². The van der Waals surface area contributed by atoms with E-state index in [0.29, 0.717) is 12.2 Å². The topological polar surface area (TPSA) is 77.4 Å². The Morgan fingerprint density at radius 1 is 1.31 bits per heavy atom. The molecule has 0 atom stereocenters. The molecule has 0 aliphatic carbocycles. The van der Waals surface area contributed by atoms with Gasteiger partial charge >= 0.3 is 35.5 Å². The van der Waals surface area contributed by atoms with Crippen LogP contribution in [0.5, 0.6) is 0 Å². The van der Waals surface area contributed by atoms with Crippen LogP contribution in [-0.4, -0.2) is 17.0 Å². The van der Waals surface area contributed by atoms with Crippen LogP contribution in [0.25, 0.3) is 0 Å². The van der Waals surface area contributed by atoms with E-state index in [1.165, 1.54) is 5.57 Å². The maximum Gasteiger partial charge on any atom is 1.00 e. The fraction of sp³-hybridized carbons (Fsp3) is 0.250. The number of hydrogen-bond donors (Lipinski definition) is 1. The van der Waals surface area contributed by atoms with Crippen molar-refractivity contribution in [3.63, 3.8) is 0 Å². The van der Waals surface area contributed by atoms with Crippen molar-refractivity contribution in [1.82, 2.24) is 0 Å². The summed E-state index contributed by atoms with van der Waals surface area (Å²) < 4.78 is 0. The van der Waals surface area contributed by atoms with Crippen molar-refractivity contribution in [3.05, 3.63) is 24.3 Å². The molecule has 0 aromatic heterocycles. The minimum atomic E-state index is -1.51. The van der Waals surface area contributed by atoms with Gasteiger partial charge in [0.25, 0.3) is 0 Å². The van der Waals surface area contributed by atoms with E-state index in [0.717, 1.165) is 0 Å². The summed E-state index contributed by atoms with van der Waals surface area (Å²) in [6.45, 7) is 7.50. The summed E-state index contributed by atoms with van der Waals surface area (Å²) in [7, 11) is 0. The average molecular weight is 194 g/mol. The second-order valence-corrected chi connectivity index (χ2v) is 2.20. The predicted molar refractivity (Wildman–Crippen MR) is 42.3 cm³/mol. The fourth-order valence-electron chi connectivity index (χ4n) is 0.139. The van der Waals surface area contributed by atoms with Crippen LogP contribution < -0.4 is 34.7 Å². The van der Waals surface area contributed by atoms with Gasteiger partial charge in [-0.05, 0) is 19.9 Å². The van der Waals surface area contributed by atoms with E-state index in [2.05, 4.69) is 6.58 Å². The van der Waals surface area contributed by atoms with Crippen LogP contribution in [-0.2, 0) is 9.59 Å². The zero-order valence-corrected chi connectivity index (χ0v) is 10.0. The molecule has 0 heterocycles. The molecule has 0 unspecified atom stereocenters. The Hall–Kier alpha value is -0.580. The van der Waals surface area contributed by atoms with Gasteiger partial charge < -0.3 is 15.0 Å². The van der Waals surface area contributed by atoms with E-state index < -0.39 is 11.9 Å². The maximum absolute atomic E-state index is 9.53. The van der Waals surface area contributed by atoms with E-state index in [1.807, 2.05) is 13.8 Å². The van der Waals surface area contributed by atoms with Crippen LogP contribution in [0.15, 0.2) is 24.3 Å². The maximum atomic E-state index is 9.53. The van der Waals surface area contributed by atoms with Gasteiger partial charge in [-0.3, -0.25) is 0 Å². The number of aliphatic carboxylic acids is 2. The molecule has 4 nitrogen and oxygen atoms in total. The molecule has 68 valence electrons. The minimum Gasteiger partial charge on any atom is -0.545 e. The molecule has 0 radical (unpaired) electrons. The van der Waals surface area contributed by atoms with Crippen LogP contribution in [0.2, 0.25) is 0 Å². The third-order valence-electron chi connectivity index (χ3n) is 0.362. The first-order valence-electron chi connectivity index (χ1n) is 3.10. The van der Waals surface area contributed by atoms with Gasteiger partial charge in [-0.2, -0.15) is 0 Å². The van der Waals surface area contributed by atoms with Gasteiger partial charge in [0.2, 0.25) is 0 Å². The standard InChI is InChI=1S/C4H4O4.C4H8.Na/c5-3(6)1-2-4(7)8;1-4(2)3;/h1-2H,(H,5,6)(H,7,8);1H2,2-3H3;/q;;+1/p-1/b2-1-;;. The molecule has 1 N–H and O–H groups in total. The first-order valence-corrected chi connectivity index (χ1v) is 3.10. The molecule has 0 fully saturated rings. The van der Waals surface area contributed by atoms with Crippen LogP contribution in [0.3, 0.4) is 0 Å². The van der Waals surface area contributed by atoms with E-state index in [9.17, 15) is 14.7 Å². The summed E-state index contributed by atoms with van der Waals surface area (Å²) in [5.74, 6) is -2.80. The summed E-state index contributed by atoms with van der Waals surface area (Å²) in [4.78, 5) is 19.0. The molecule has 0 aromatic carbocycles. The van der Waals surface area contributed by atoms with Crippen molar-refractivity contribution in [2.45, 2.75) is 13.8 Å². The zero-order valence-electron chi connectivity index (χ0n) is 8.03. The number of carbonyl (C=O) groups excluding carboxylic acids is 1. The molecular weight excluding hydrogens is 183 g/mol. The number of hydrogen-bond acceptors (Lipinski definition) is 3. The van der Waals surface area contributed by atoms with Crippen molar-refractivity contribution >= 4 is 11.9 Å². The monoisotopic (exact) mass is 194 g/mol. The van der Waals surface area contributed by atoms with Gasteiger partial charge in [0.05, 0.1) is 5.97 Å². The smallest absolute Gasteiger partial charge is 0.545 e. The number of allylic oxidation sites excluding steroid dienone is 1. The molecule has 0 bridgehead atoms. The second kappa shape index (κ2) is 11.4. The first-order chi connectivity index (χ1) is 5.36. The van der Waals surface area contributed by atoms with Crippen molar-refractivity contribution in [1.29, 1.82) is 0 Å². The first kappa shape index (κ1) is 18.3. The Morgan fingerprint density at radius 3 is 1.69 bits per heavy atom. The van der Waals surface area contributed by atoms with Crippen molar-refractivity contribution in [2.24, 2.45) is 0 Å². The molecule has 0 saturated carbocycles. The van der Waals surface area contributed by atoms with Crippen LogP contribution in [0, 0.1) is 0 Å². The van der Waals surface area contributed by atoms with E-state index in [-0.39, 0.29) is 29.6 Å². The predicted octanol–water partition coefficient (Wildman–Crippen LogP) is -3.04. The summed E-state index contributed by atoms with van der Waals surface area (Å²) in [5.41, 5.74) is 1.17. The number of rotatable bonds is 2. The van der Waals surface area contributed by atoms with Gasteiger partial charge in [0, 0.05) is 6.08 Å². The second-order valence-electron chi connectivity index (χ2n) is 2.20. The van der Waals surface area contributed by atoms with E-state index in [4.69, 9.17) is 5.11 Å². The van der Waals surface area contributed by atoms with Crippen LogP contribution in [0.1, 0.15) is 13.8 Å². The molecule has 0 aliphatic rings. The number of carbonyl (C=O) groups is 2. The molecule has 0 spiro atoms. The number of carboxylic acid groups (broad SMARTS) is 2. The largest absolute Gasteiger partial charge is 1.00 e. The average Bonchev–Trinajstić information content (AvgIpc) is 1.82. The van der Waals surface area contributed by atoms with Crippen LogP contribution >= 0.6 is 0 Å². The third-order valence-corrected chi connectivity index (χ3v) is 0.362. The molecule has 5 heteroatoms. The van der Waals surface area contributed by atoms with Crippen LogP contribution in [0.4, 0.5) is 0 Å². The molecular formula is C8H11NaO4. The summed E-state index contributed by atoms with van der Waals surface area (Å²) >= 11 is 0. The van der Waals surface area contributed by atoms with Crippen molar-refractivity contribution in [2.75, 3.05) is 0 Å². The molecule has 0 aliphatic heterocycles. The van der Waals surface area contributed by atoms with Gasteiger partial charge in [0.15, 0.2) is 0 Å². The summed E-state index contributed by atoms with van der Waals surface area (Å²) in [5, 5.41) is 17.2. The fourth-order valence-corrected chi connectivity index (χ4v) is 0.139.